The van der Waals surface area contributed by atoms with Crippen LogP contribution < -0.4 is 50.8 Å². The van der Waals surface area contributed by atoms with E-state index >= 15 is 0 Å². The van der Waals surface area contributed by atoms with Crippen LogP contribution in [0.5, 0.6) is 23.0 Å². The molecular weight excluding hydrogens is 799 g/mol. The first kappa shape index (κ1) is 44.0. The molecule has 0 heterocycles. The maximum atomic E-state index is 5.99. The Morgan fingerprint density at radius 1 is 0.339 bits per heavy atom. The summed E-state index contributed by atoms with van der Waals surface area (Å²) >= 11 is 0. The highest BCUT2D eigenvalue weighted by molar-refractivity contribution is 7.80. The van der Waals surface area contributed by atoms with Crippen LogP contribution in [0.4, 0.5) is 0 Å². The van der Waals surface area contributed by atoms with Gasteiger partial charge in [-0.15, -0.1) is 0 Å². The van der Waals surface area contributed by atoms with Crippen LogP contribution in [0.1, 0.15) is 92.4 Å². The van der Waals surface area contributed by atoms with Crippen LogP contribution in [0.25, 0.3) is 11.1 Å². The van der Waals surface area contributed by atoms with Gasteiger partial charge in [-0.25, -0.2) is 0 Å². The Morgan fingerprint density at radius 3 is 0.823 bits per heavy atom. The van der Waals surface area contributed by atoms with Crippen LogP contribution in [-0.2, 0) is 25.7 Å². The molecule has 0 bridgehead atoms. The maximum Gasteiger partial charge on any atom is 0.124 e. The summed E-state index contributed by atoms with van der Waals surface area (Å²) in [6.07, 6.45) is 9.29. The first-order valence-corrected chi connectivity index (χ1v) is 25.1. The van der Waals surface area contributed by atoms with Gasteiger partial charge >= 0.3 is 0 Å². The Labute approximate surface area is 373 Å². The first-order chi connectivity index (χ1) is 29.9. The standard InChI is InChI=1S/C56H64O4P2/c1-33-25-43(26-34(2)53(33)57-9)61(44-27-35(3)54(58-10)36(4)28-44)49-23-21-41-17-13-15-19-47(41)51(49)52-48-20-16-14-18-42(48)22-24-50(52)62(45-29-37(5)55(59-11)38(6)30-45)46-31-39(7)56(60-12)40(8)32-46/h21-32H,13-20H2,1-12H3. The van der Waals surface area contributed by atoms with Gasteiger partial charge in [0.2, 0.25) is 0 Å². The third-order valence-electron chi connectivity index (χ3n) is 13.4. The molecular formula is C56H64O4P2. The van der Waals surface area contributed by atoms with Crippen molar-refractivity contribution in [2.75, 3.05) is 28.4 Å². The third kappa shape index (κ3) is 7.97. The number of aryl methyl sites for hydroxylation is 10. The van der Waals surface area contributed by atoms with E-state index < -0.39 is 15.8 Å². The van der Waals surface area contributed by atoms with Gasteiger partial charge in [-0.2, -0.15) is 0 Å². The molecule has 6 heteroatoms. The zero-order valence-corrected chi connectivity index (χ0v) is 40.9. The Kier molecular flexibility index (Phi) is 12.9. The number of fused-ring (bicyclic) bond motifs is 2. The monoisotopic (exact) mass is 862 g/mol. The van der Waals surface area contributed by atoms with Crippen LogP contribution in [0.2, 0.25) is 0 Å². The quantitative estimate of drug-likeness (QED) is 0.122. The molecule has 4 nitrogen and oxygen atoms in total. The molecule has 62 heavy (non-hydrogen) atoms. The fourth-order valence-corrected chi connectivity index (χ4v) is 16.6. The van der Waals surface area contributed by atoms with Crippen molar-refractivity contribution >= 4 is 47.7 Å². The first-order valence-electron chi connectivity index (χ1n) is 22.4. The van der Waals surface area contributed by atoms with Gasteiger partial charge < -0.3 is 18.9 Å². The second kappa shape index (κ2) is 18.2. The summed E-state index contributed by atoms with van der Waals surface area (Å²) in [7, 11) is 5.13. The molecule has 8 rings (SSSR count). The minimum Gasteiger partial charge on any atom is -0.496 e. The largest absolute Gasteiger partial charge is 0.496 e. The smallest absolute Gasteiger partial charge is 0.124 e. The van der Waals surface area contributed by atoms with Gasteiger partial charge in [-0.3, -0.25) is 0 Å². The summed E-state index contributed by atoms with van der Waals surface area (Å²) in [5, 5.41) is 8.32. The molecule has 0 radical (unpaired) electrons. The van der Waals surface area contributed by atoms with Crippen molar-refractivity contribution in [3.05, 3.63) is 140 Å². The normalized spacial score (nSPS) is 13.6. The van der Waals surface area contributed by atoms with Crippen LogP contribution in [0.3, 0.4) is 0 Å². The molecule has 0 aromatic heterocycles. The van der Waals surface area contributed by atoms with E-state index in [1.54, 1.807) is 39.6 Å². The van der Waals surface area contributed by atoms with Gasteiger partial charge in [0.15, 0.2) is 0 Å². The van der Waals surface area contributed by atoms with E-state index in [2.05, 4.69) is 128 Å². The van der Waals surface area contributed by atoms with Crippen LogP contribution in [0, 0.1) is 55.4 Å². The second-order valence-corrected chi connectivity index (χ2v) is 22.1. The summed E-state index contributed by atoms with van der Waals surface area (Å²) in [6, 6.07) is 29.4. The molecule has 0 aliphatic heterocycles. The SMILES string of the molecule is COc1c(C)cc(P(c2cc(C)c(OC)c(C)c2)c2ccc3c(c2-c2c(P(c4cc(C)c(OC)c(C)c4)c4cc(C)c(OC)c(C)c4)ccc4c2CCCC4)CCCC3)cc1C. The summed E-state index contributed by atoms with van der Waals surface area (Å²) in [4.78, 5) is 0. The van der Waals surface area contributed by atoms with E-state index in [1.807, 2.05) is 0 Å². The molecule has 0 atom stereocenters. The van der Waals surface area contributed by atoms with E-state index in [-0.39, 0.29) is 0 Å². The van der Waals surface area contributed by atoms with Crippen molar-refractivity contribution in [3.8, 4) is 34.1 Å². The molecule has 0 fully saturated rings. The highest BCUT2D eigenvalue weighted by Gasteiger charge is 2.33. The van der Waals surface area contributed by atoms with Gasteiger partial charge in [0.05, 0.1) is 28.4 Å². The molecule has 0 N–H and O–H groups in total. The molecule has 0 unspecified atom stereocenters. The maximum absolute atomic E-state index is 5.99. The van der Waals surface area contributed by atoms with Gasteiger partial charge in [0.1, 0.15) is 23.0 Å². The Hall–Kier alpha value is -4.62. The summed E-state index contributed by atoms with van der Waals surface area (Å²) < 4.78 is 23.9. The molecule has 2 aliphatic carbocycles. The predicted molar refractivity (Wildman–Crippen MR) is 267 cm³/mol. The average Bonchev–Trinajstić information content (AvgIpc) is 3.23. The highest BCUT2D eigenvalue weighted by atomic mass is 31.1. The van der Waals surface area contributed by atoms with E-state index in [1.165, 1.54) is 124 Å². The van der Waals surface area contributed by atoms with Gasteiger partial charge in [-0.05, 0) is 281 Å². The van der Waals surface area contributed by atoms with Crippen molar-refractivity contribution in [3.63, 3.8) is 0 Å². The molecule has 322 valence electrons. The summed E-state index contributed by atoms with van der Waals surface area (Å²) in [5.74, 6) is 3.88. The lowest BCUT2D eigenvalue weighted by Crippen LogP contribution is -2.30. The van der Waals surface area contributed by atoms with Crippen molar-refractivity contribution in [1.82, 2.24) is 0 Å². The summed E-state index contributed by atoms with van der Waals surface area (Å²) in [6.45, 7) is 17.6. The average molecular weight is 863 g/mol. The Balaban J connectivity index is 1.53. The Bertz CT molecular complexity index is 2300. The lowest BCUT2D eigenvalue weighted by Gasteiger charge is -2.34. The molecule has 0 amide bonds. The van der Waals surface area contributed by atoms with Crippen molar-refractivity contribution in [2.45, 2.75) is 107 Å². The number of hydrogen-bond donors (Lipinski definition) is 0. The molecule has 0 saturated heterocycles. The Morgan fingerprint density at radius 2 is 0.581 bits per heavy atom. The lowest BCUT2D eigenvalue weighted by atomic mass is 9.81. The van der Waals surface area contributed by atoms with E-state index in [0.29, 0.717) is 0 Å². The number of rotatable bonds is 11. The molecule has 6 aromatic rings. The van der Waals surface area contributed by atoms with Crippen molar-refractivity contribution in [1.29, 1.82) is 0 Å². The second-order valence-electron chi connectivity index (χ2n) is 17.7. The lowest BCUT2D eigenvalue weighted by molar-refractivity contribution is 0.408. The topological polar surface area (TPSA) is 36.9 Å². The fraction of sp³-hybridized carbons (Fsp3) is 0.357. The van der Waals surface area contributed by atoms with E-state index in [9.17, 15) is 0 Å². The van der Waals surface area contributed by atoms with Gasteiger partial charge in [0.25, 0.3) is 0 Å². The molecule has 6 aromatic carbocycles. The highest BCUT2D eigenvalue weighted by Crippen LogP contribution is 2.48. The fourth-order valence-electron chi connectivity index (χ4n) is 10.9. The molecule has 2 aliphatic rings. The van der Waals surface area contributed by atoms with Crippen molar-refractivity contribution < 1.29 is 18.9 Å². The van der Waals surface area contributed by atoms with Gasteiger partial charge in [-0.1, -0.05) is 24.3 Å². The minimum absolute atomic E-state index is 0.969. The van der Waals surface area contributed by atoms with E-state index in [0.717, 1.165) is 48.7 Å². The number of benzene rings is 6. The summed E-state index contributed by atoms with van der Waals surface area (Å²) in [5.41, 5.74) is 18.5. The van der Waals surface area contributed by atoms with Crippen LogP contribution >= 0.6 is 15.8 Å². The van der Waals surface area contributed by atoms with Crippen LogP contribution in [0.15, 0.2) is 72.8 Å². The molecule has 0 spiro atoms. The number of ether oxygens (including phenoxy) is 4. The van der Waals surface area contributed by atoms with Gasteiger partial charge in [0, 0.05) is 0 Å². The zero-order chi connectivity index (χ0) is 44.0. The number of methoxy groups -OCH3 is 4. The predicted octanol–water partition coefficient (Wildman–Crippen LogP) is 11.1. The number of hydrogen-bond acceptors (Lipinski definition) is 4. The third-order valence-corrected chi connectivity index (χ3v) is 18.2. The minimum atomic E-state index is -1.03. The van der Waals surface area contributed by atoms with Crippen molar-refractivity contribution in [2.24, 2.45) is 0 Å². The van der Waals surface area contributed by atoms with Crippen LogP contribution in [-0.4, -0.2) is 28.4 Å². The molecule has 0 saturated carbocycles. The van der Waals surface area contributed by atoms with E-state index in [4.69, 9.17) is 18.9 Å². The zero-order valence-electron chi connectivity index (χ0n) is 39.1.